The zero-order valence-corrected chi connectivity index (χ0v) is 16.7. The molecule has 0 amide bonds. The zero-order valence-electron chi connectivity index (χ0n) is 15.9. The van der Waals surface area contributed by atoms with E-state index < -0.39 is 5.41 Å². The zero-order chi connectivity index (χ0) is 20.0. The fraction of sp³-hybridized carbons (Fsp3) is 0.292. The lowest BCUT2D eigenvalue weighted by Gasteiger charge is -2.49. The van der Waals surface area contributed by atoms with Gasteiger partial charge in [0.25, 0.3) is 0 Å². The molecule has 1 aromatic heterocycles. The number of para-hydroxylation sites is 1. The number of nitriles is 1. The van der Waals surface area contributed by atoms with Crippen LogP contribution in [0.2, 0.25) is 5.02 Å². The SMILES string of the molecule is N#C[C@]1(C(=O)c2ccc(Cl)cc2)Cc2cc3ccccc3nc2N2CCCC[C@@H]21. The first-order valence-corrected chi connectivity index (χ1v) is 10.4. The summed E-state index contributed by atoms with van der Waals surface area (Å²) in [6.45, 7) is 0.820. The van der Waals surface area contributed by atoms with Gasteiger partial charge in [0, 0.05) is 28.9 Å². The molecule has 0 radical (unpaired) electrons. The first-order valence-electron chi connectivity index (χ1n) is 9.99. The summed E-state index contributed by atoms with van der Waals surface area (Å²) >= 11 is 6.01. The van der Waals surface area contributed by atoms with Crippen LogP contribution >= 0.6 is 11.6 Å². The topological polar surface area (TPSA) is 57.0 Å². The minimum absolute atomic E-state index is 0.118. The van der Waals surface area contributed by atoms with E-state index in [4.69, 9.17) is 16.6 Å². The summed E-state index contributed by atoms with van der Waals surface area (Å²) in [5.74, 6) is 0.815. The van der Waals surface area contributed by atoms with Crippen LogP contribution in [0.1, 0.15) is 35.2 Å². The monoisotopic (exact) mass is 401 g/mol. The number of hydrogen-bond donors (Lipinski definition) is 0. The lowest BCUT2D eigenvalue weighted by Crippen LogP contribution is -2.58. The third-order valence-corrected chi connectivity index (χ3v) is 6.56. The maximum atomic E-state index is 13.7. The van der Waals surface area contributed by atoms with Crippen LogP contribution < -0.4 is 4.90 Å². The molecule has 0 spiro atoms. The molecule has 29 heavy (non-hydrogen) atoms. The van der Waals surface area contributed by atoms with Crippen LogP contribution in [0.15, 0.2) is 54.6 Å². The molecular formula is C24H20ClN3O. The third-order valence-electron chi connectivity index (χ3n) is 6.30. The molecule has 0 saturated carbocycles. The van der Waals surface area contributed by atoms with E-state index in [9.17, 15) is 10.1 Å². The Labute approximate surface area is 174 Å². The van der Waals surface area contributed by atoms with Crippen molar-refractivity contribution in [2.24, 2.45) is 5.41 Å². The van der Waals surface area contributed by atoms with E-state index in [-0.39, 0.29) is 11.8 Å². The van der Waals surface area contributed by atoms with Crippen LogP contribution in [0.25, 0.3) is 10.9 Å². The first-order chi connectivity index (χ1) is 14.1. The Morgan fingerprint density at radius 3 is 2.76 bits per heavy atom. The van der Waals surface area contributed by atoms with Crippen molar-refractivity contribution >= 4 is 34.1 Å². The molecule has 2 aliphatic rings. The van der Waals surface area contributed by atoms with Gasteiger partial charge in [-0.2, -0.15) is 5.26 Å². The summed E-state index contributed by atoms with van der Waals surface area (Å²) in [6, 6.07) is 19.3. The summed E-state index contributed by atoms with van der Waals surface area (Å²) in [7, 11) is 0. The van der Waals surface area contributed by atoms with Gasteiger partial charge in [-0.1, -0.05) is 29.8 Å². The first kappa shape index (κ1) is 18.1. The van der Waals surface area contributed by atoms with Crippen LogP contribution in [0.5, 0.6) is 0 Å². The Hall–Kier alpha value is -2.90. The van der Waals surface area contributed by atoms with Crippen LogP contribution in [-0.2, 0) is 6.42 Å². The minimum atomic E-state index is -1.12. The number of rotatable bonds is 2. The van der Waals surface area contributed by atoms with E-state index in [0.29, 0.717) is 17.0 Å². The third kappa shape index (κ3) is 2.81. The van der Waals surface area contributed by atoms with Crippen LogP contribution in [0.3, 0.4) is 0 Å². The molecule has 0 aliphatic carbocycles. The van der Waals surface area contributed by atoms with Crippen molar-refractivity contribution in [2.45, 2.75) is 31.7 Å². The van der Waals surface area contributed by atoms with Crippen molar-refractivity contribution in [3.63, 3.8) is 0 Å². The van der Waals surface area contributed by atoms with Crippen molar-refractivity contribution in [3.8, 4) is 6.07 Å². The van der Waals surface area contributed by atoms with Gasteiger partial charge in [0.1, 0.15) is 11.2 Å². The Morgan fingerprint density at radius 2 is 1.97 bits per heavy atom. The summed E-state index contributed by atoms with van der Waals surface area (Å²) in [4.78, 5) is 20.8. The minimum Gasteiger partial charge on any atom is -0.351 e. The molecule has 2 atom stereocenters. The molecule has 2 aliphatic heterocycles. The lowest BCUT2D eigenvalue weighted by atomic mass is 9.66. The molecule has 5 heteroatoms. The van der Waals surface area contributed by atoms with Gasteiger partial charge < -0.3 is 4.90 Å². The number of anilines is 1. The summed E-state index contributed by atoms with van der Waals surface area (Å²) in [5, 5.41) is 12.0. The van der Waals surface area contributed by atoms with E-state index in [1.165, 1.54) is 0 Å². The van der Waals surface area contributed by atoms with Crippen molar-refractivity contribution < 1.29 is 4.79 Å². The van der Waals surface area contributed by atoms with Crippen molar-refractivity contribution in [3.05, 3.63) is 70.7 Å². The number of fused-ring (bicyclic) bond motifs is 4. The summed E-state index contributed by atoms with van der Waals surface area (Å²) in [6.07, 6.45) is 3.27. The average molecular weight is 402 g/mol. The second-order valence-corrected chi connectivity index (χ2v) is 8.40. The number of pyridine rings is 1. The predicted molar refractivity (Wildman–Crippen MR) is 114 cm³/mol. The Morgan fingerprint density at radius 1 is 1.17 bits per heavy atom. The molecule has 5 rings (SSSR count). The Kier molecular flexibility index (Phi) is 4.29. The smallest absolute Gasteiger partial charge is 0.185 e. The molecule has 3 aromatic rings. The Bertz CT molecular complexity index is 1150. The van der Waals surface area contributed by atoms with Gasteiger partial charge in [-0.15, -0.1) is 0 Å². The van der Waals surface area contributed by atoms with Crippen molar-refractivity contribution in [1.29, 1.82) is 5.26 Å². The second kappa shape index (κ2) is 6.86. The number of Topliss-reactive ketones (excluding diaryl/α,β-unsaturated/α-hetero) is 1. The largest absolute Gasteiger partial charge is 0.351 e. The second-order valence-electron chi connectivity index (χ2n) is 7.96. The van der Waals surface area contributed by atoms with Gasteiger partial charge in [0.15, 0.2) is 5.78 Å². The fourth-order valence-corrected chi connectivity index (χ4v) is 5.03. The maximum absolute atomic E-state index is 13.7. The van der Waals surface area contributed by atoms with E-state index in [1.54, 1.807) is 24.3 Å². The van der Waals surface area contributed by atoms with Gasteiger partial charge >= 0.3 is 0 Å². The highest BCUT2D eigenvalue weighted by molar-refractivity contribution is 6.30. The van der Waals surface area contributed by atoms with Gasteiger partial charge in [-0.05, 0) is 61.2 Å². The number of piperidine rings is 1. The fourth-order valence-electron chi connectivity index (χ4n) is 4.90. The maximum Gasteiger partial charge on any atom is 0.185 e. The molecular weight excluding hydrogens is 382 g/mol. The van der Waals surface area contributed by atoms with Crippen LogP contribution in [0, 0.1) is 16.7 Å². The average Bonchev–Trinajstić information content (AvgIpc) is 2.77. The molecule has 1 fully saturated rings. The number of ketones is 1. The number of nitrogens with zero attached hydrogens (tertiary/aromatic N) is 3. The number of carbonyl (C=O) groups is 1. The van der Waals surface area contributed by atoms with Gasteiger partial charge in [-0.3, -0.25) is 4.79 Å². The highest BCUT2D eigenvalue weighted by atomic mass is 35.5. The molecule has 1 saturated heterocycles. The van der Waals surface area contributed by atoms with Gasteiger partial charge in [-0.25, -0.2) is 4.98 Å². The summed E-state index contributed by atoms with van der Waals surface area (Å²) < 4.78 is 0. The normalized spacial score (nSPS) is 23.2. The van der Waals surface area contributed by atoms with E-state index in [0.717, 1.165) is 48.1 Å². The van der Waals surface area contributed by atoms with Crippen molar-refractivity contribution in [2.75, 3.05) is 11.4 Å². The Balaban J connectivity index is 1.68. The standard InChI is InChI=1S/C24H20ClN3O/c25-19-10-8-16(9-11-19)22(29)24(15-26)14-18-13-17-5-1-2-6-20(17)27-23(18)28-12-4-3-7-21(24)28/h1-2,5-6,8-11,13,21H,3-4,7,12,14H2/t21-,24-/m1/s1. The number of carbonyl (C=O) groups excluding carboxylic acids is 1. The predicted octanol–water partition coefficient (Wildman–Crippen LogP) is 5.20. The van der Waals surface area contributed by atoms with Crippen molar-refractivity contribution in [1.82, 2.24) is 4.98 Å². The van der Waals surface area contributed by atoms with E-state index in [2.05, 4.69) is 17.0 Å². The molecule has 2 aromatic carbocycles. The molecule has 144 valence electrons. The van der Waals surface area contributed by atoms with Gasteiger partial charge in [0.2, 0.25) is 0 Å². The molecule has 0 bridgehead atoms. The van der Waals surface area contributed by atoms with E-state index in [1.807, 2.05) is 24.3 Å². The number of aromatic nitrogens is 1. The highest BCUT2D eigenvalue weighted by Crippen LogP contribution is 2.46. The lowest BCUT2D eigenvalue weighted by molar-refractivity contribution is 0.0799. The highest BCUT2D eigenvalue weighted by Gasteiger charge is 2.53. The van der Waals surface area contributed by atoms with E-state index >= 15 is 0 Å². The molecule has 0 unspecified atom stereocenters. The van der Waals surface area contributed by atoms with Gasteiger partial charge in [0.05, 0.1) is 17.6 Å². The van der Waals surface area contributed by atoms with Crippen LogP contribution in [-0.4, -0.2) is 23.4 Å². The number of hydrogen-bond acceptors (Lipinski definition) is 4. The molecule has 4 nitrogen and oxygen atoms in total. The quantitative estimate of drug-likeness (QED) is 0.554. The van der Waals surface area contributed by atoms with Crippen LogP contribution in [0.4, 0.5) is 5.82 Å². The number of benzene rings is 2. The molecule has 3 heterocycles. The number of halogens is 1. The summed E-state index contributed by atoms with van der Waals surface area (Å²) in [5.41, 5.74) is 1.35. The molecule has 0 N–H and O–H groups in total.